The van der Waals surface area contributed by atoms with Crippen LogP contribution in [-0.4, -0.2) is 40.5 Å². The lowest BCUT2D eigenvalue weighted by molar-refractivity contribution is -0.110. The number of likely N-dealkylation sites (N-methyl/N-ethyl adjacent to an activating group) is 2. The van der Waals surface area contributed by atoms with Crippen LogP contribution in [0.25, 0.3) is 5.57 Å². The summed E-state index contributed by atoms with van der Waals surface area (Å²) in [5.41, 5.74) is 3.70. The van der Waals surface area contributed by atoms with Crippen molar-refractivity contribution < 1.29 is 9.59 Å². The van der Waals surface area contributed by atoms with E-state index in [9.17, 15) is 14.4 Å². The molecule has 2 unspecified atom stereocenters. The first-order valence-electron chi connectivity index (χ1n) is 12.1. The van der Waals surface area contributed by atoms with Gasteiger partial charge in [0.2, 0.25) is 16.1 Å². The van der Waals surface area contributed by atoms with Crippen LogP contribution >= 0.6 is 11.3 Å². The molecule has 4 aromatic rings. The molecule has 2 atom stereocenters. The molecule has 10 heteroatoms. The van der Waals surface area contributed by atoms with Gasteiger partial charge >= 0.3 is 6.03 Å². The molecule has 9 nitrogen and oxygen atoms in total. The van der Waals surface area contributed by atoms with Crippen molar-refractivity contribution in [2.24, 2.45) is 4.99 Å². The molecule has 38 heavy (non-hydrogen) atoms. The first-order chi connectivity index (χ1) is 18.4. The van der Waals surface area contributed by atoms with Crippen molar-refractivity contribution in [3.63, 3.8) is 0 Å². The van der Waals surface area contributed by atoms with Crippen LogP contribution in [0.15, 0.2) is 94.7 Å². The van der Waals surface area contributed by atoms with Gasteiger partial charge in [0.05, 0.1) is 5.57 Å². The van der Waals surface area contributed by atoms with Crippen LogP contribution in [0, 0.1) is 0 Å². The summed E-state index contributed by atoms with van der Waals surface area (Å²) >= 11 is 1.13. The average molecular weight is 523 g/mol. The molecule has 0 aliphatic carbocycles. The highest BCUT2D eigenvalue weighted by Crippen LogP contribution is 2.53. The number of amides is 3. The molecular weight excluding hydrogens is 500 g/mol. The van der Waals surface area contributed by atoms with E-state index in [4.69, 9.17) is 4.99 Å². The fourth-order valence-corrected chi connectivity index (χ4v) is 6.97. The van der Waals surface area contributed by atoms with Gasteiger partial charge in [0.1, 0.15) is 4.53 Å². The quantitative estimate of drug-likeness (QED) is 0.420. The molecule has 1 fully saturated rings. The minimum atomic E-state index is -1.27. The van der Waals surface area contributed by atoms with E-state index in [0.29, 0.717) is 21.6 Å². The minimum absolute atomic E-state index is 0.254. The normalized spacial score (nSPS) is 24.8. The number of para-hydroxylation sites is 1. The van der Waals surface area contributed by atoms with Gasteiger partial charge in [0.15, 0.2) is 0 Å². The molecule has 188 valence electrons. The molecule has 4 heterocycles. The maximum absolute atomic E-state index is 14.0. The molecule has 3 aliphatic rings. The third-order valence-electron chi connectivity index (χ3n) is 7.65. The number of urea groups is 1. The van der Waals surface area contributed by atoms with Gasteiger partial charge in [-0.2, -0.15) is 4.68 Å². The van der Waals surface area contributed by atoms with Crippen molar-refractivity contribution in [3.8, 4) is 0 Å². The van der Waals surface area contributed by atoms with E-state index in [2.05, 4.69) is 10.7 Å². The van der Waals surface area contributed by atoms with Crippen LogP contribution in [0.1, 0.15) is 16.7 Å². The van der Waals surface area contributed by atoms with Gasteiger partial charge in [-0.15, -0.1) is 0 Å². The summed E-state index contributed by atoms with van der Waals surface area (Å²) in [6, 6.07) is 26.2. The lowest BCUT2D eigenvalue weighted by Crippen LogP contribution is -2.67. The molecule has 0 radical (unpaired) electrons. The summed E-state index contributed by atoms with van der Waals surface area (Å²) < 4.78 is 1.65. The molecule has 3 amide bonds. The van der Waals surface area contributed by atoms with E-state index in [1.54, 1.807) is 23.9 Å². The fourth-order valence-electron chi connectivity index (χ4n) is 5.91. The van der Waals surface area contributed by atoms with E-state index in [-0.39, 0.29) is 16.5 Å². The number of carbonyl (C=O) groups excluding carboxylic acids is 2. The zero-order chi connectivity index (χ0) is 26.2. The van der Waals surface area contributed by atoms with Crippen molar-refractivity contribution in [1.82, 2.24) is 14.5 Å². The highest BCUT2D eigenvalue weighted by molar-refractivity contribution is 7.07. The smallest absolute Gasteiger partial charge is 0.321 e. The van der Waals surface area contributed by atoms with Crippen molar-refractivity contribution in [2.75, 3.05) is 24.8 Å². The molecule has 2 N–H and O–H groups in total. The Bertz CT molecular complexity index is 1830. The Balaban J connectivity index is 1.62. The number of thiazole rings is 1. The summed E-state index contributed by atoms with van der Waals surface area (Å²) in [6.07, 6.45) is 0. The number of hydrogen-bond donors (Lipinski definition) is 2. The van der Waals surface area contributed by atoms with E-state index >= 15 is 0 Å². The van der Waals surface area contributed by atoms with Gasteiger partial charge in [-0.05, 0) is 6.07 Å². The van der Waals surface area contributed by atoms with Gasteiger partial charge in [-0.25, -0.2) is 9.79 Å². The number of hydrogen-bond acceptors (Lipinski definition) is 6. The van der Waals surface area contributed by atoms with E-state index in [1.165, 1.54) is 4.68 Å². The first kappa shape index (κ1) is 22.5. The van der Waals surface area contributed by atoms with E-state index < -0.39 is 16.9 Å². The minimum Gasteiger partial charge on any atom is -0.321 e. The van der Waals surface area contributed by atoms with Crippen LogP contribution in [0.2, 0.25) is 0 Å². The summed E-state index contributed by atoms with van der Waals surface area (Å²) in [4.78, 5) is 49.4. The molecule has 7 rings (SSSR count). The molecule has 0 saturated carbocycles. The Hall–Kier alpha value is -4.70. The van der Waals surface area contributed by atoms with Gasteiger partial charge in [-0.3, -0.25) is 24.8 Å². The van der Waals surface area contributed by atoms with Gasteiger partial charge < -0.3 is 5.32 Å². The maximum Gasteiger partial charge on any atom is 0.324 e. The lowest BCUT2D eigenvalue weighted by atomic mass is 9.80. The summed E-state index contributed by atoms with van der Waals surface area (Å²) in [7, 11) is 3.43. The summed E-state index contributed by atoms with van der Waals surface area (Å²) in [5, 5.41) is 2.85. The number of fused-ring (bicyclic) bond motifs is 3. The Labute approximate surface area is 220 Å². The van der Waals surface area contributed by atoms with Gasteiger partial charge in [0, 0.05) is 36.5 Å². The number of aromatic nitrogens is 1. The monoisotopic (exact) mass is 522 g/mol. The number of nitrogens with one attached hydrogen (secondary N) is 2. The summed E-state index contributed by atoms with van der Waals surface area (Å²) in [5.74, 6) is -0.331. The predicted octanol–water partition coefficient (Wildman–Crippen LogP) is 1.94. The Morgan fingerprint density at radius 1 is 0.789 bits per heavy atom. The number of anilines is 1. The van der Waals surface area contributed by atoms with Crippen molar-refractivity contribution in [3.05, 3.63) is 121 Å². The highest BCUT2D eigenvalue weighted by atomic mass is 32.1. The standard InChI is InChI=1S/C28H22N6O3S/c1-32-26(37)33(2)28(18-13-7-4-8-14-18)27(32,17-11-5-3-6-12-17)30-25-34(31-28)24(36)22(38-25)21-19-15-9-10-16-20(19)29-23(21)35/h3-16,31H,1-2H3,(H,29,35). The fraction of sp³-hybridized carbons (Fsp3) is 0.143. The van der Waals surface area contributed by atoms with Crippen LogP contribution in [0.4, 0.5) is 10.5 Å². The molecule has 3 aliphatic heterocycles. The van der Waals surface area contributed by atoms with Crippen molar-refractivity contribution in [2.45, 2.75) is 11.3 Å². The van der Waals surface area contributed by atoms with Gasteiger partial charge in [-0.1, -0.05) is 90.2 Å². The van der Waals surface area contributed by atoms with Crippen LogP contribution in [0.5, 0.6) is 0 Å². The Morgan fingerprint density at radius 3 is 2.13 bits per heavy atom. The van der Waals surface area contributed by atoms with E-state index in [1.807, 2.05) is 84.9 Å². The van der Waals surface area contributed by atoms with Gasteiger partial charge in [0.25, 0.3) is 11.5 Å². The molecule has 1 saturated heterocycles. The zero-order valence-electron chi connectivity index (χ0n) is 20.5. The maximum atomic E-state index is 14.0. The van der Waals surface area contributed by atoms with Crippen LogP contribution in [0.3, 0.4) is 0 Å². The number of nitrogens with zero attached hydrogens (tertiary/aromatic N) is 4. The second kappa shape index (κ2) is 7.65. The average Bonchev–Trinajstić information content (AvgIpc) is 3.50. The Morgan fingerprint density at radius 2 is 1.42 bits per heavy atom. The lowest BCUT2D eigenvalue weighted by Gasteiger charge is -2.49. The number of benzene rings is 3. The summed E-state index contributed by atoms with van der Waals surface area (Å²) in [6.45, 7) is 0. The second-order valence-corrected chi connectivity index (χ2v) is 10.4. The van der Waals surface area contributed by atoms with Crippen molar-refractivity contribution in [1.29, 1.82) is 0 Å². The molecule has 1 aromatic heterocycles. The number of rotatable bonds is 2. The number of carbonyl (C=O) groups is 2. The Kier molecular flexibility index (Phi) is 4.53. The topological polar surface area (TPSA) is 99.0 Å². The highest BCUT2D eigenvalue weighted by Gasteiger charge is 2.69. The van der Waals surface area contributed by atoms with Crippen LogP contribution < -0.4 is 25.6 Å². The predicted molar refractivity (Wildman–Crippen MR) is 143 cm³/mol. The molecule has 0 bridgehead atoms. The third kappa shape index (κ3) is 2.59. The molecule has 3 aromatic carbocycles. The second-order valence-electron chi connectivity index (χ2n) is 9.47. The first-order valence-corrected chi connectivity index (χ1v) is 12.9. The SMILES string of the molecule is CN1C(=O)N(C)C2(c3ccccc3)Nn3c(sc(=C4C(=O)Nc5ccccc54)c3=O)=NC12c1ccccc1. The largest absolute Gasteiger partial charge is 0.324 e. The van der Waals surface area contributed by atoms with Crippen molar-refractivity contribution >= 4 is 34.5 Å². The third-order valence-corrected chi connectivity index (χ3v) is 8.69. The van der Waals surface area contributed by atoms with E-state index in [0.717, 1.165) is 22.5 Å². The zero-order valence-corrected chi connectivity index (χ0v) is 21.3. The molecular formula is C28H22N6O3S. The van der Waals surface area contributed by atoms with Crippen LogP contribution in [-0.2, 0) is 16.1 Å². The molecule has 0 spiro atoms.